The number of rotatable bonds is 4. The lowest BCUT2D eigenvalue weighted by atomic mass is 10.0. The molecule has 2 rings (SSSR count). The molecule has 1 aromatic rings. The normalized spacial score (nSPS) is 21.9. The van der Waals surface area contributed by atoms with Gasteiger partial charge < -0.3 is 14.1 Å². The van der Waals surface area contributed by atoms with Gasteiger partial charge in [0.25, 0.3) is 5.91 Å². The van der Waals surface area contributed by atoms with Crippen LogP contribution >= 0.6 is 0 Å². The highest BCUT2D eigenvalue weighted by molar-refractivity contribution is 5.91. The summed E-state index contributed by atoms with van der Waals surface area (Å²) in [5, 5.41) is 3.21. The lowest BCUT2D eigenvalue weighted by Crippen LogP contribution is -2.48. The van der Waals surface area contributed by atoms with Gasteiger partial charge in [0.15, 0.2) is 5.76 Å². The van der Waals surface area contributed by atoms with E-state index in [-0.39, 0.29) is 24.0 Å². The largest absolute Gasteiger partial charge is 0.459 e. The van der Waals surface area contributed by atoms with E-state index >= 15 is 0 Å². The molecule has 1 fully saturated rings. The number of esters is 1. The molecule has 1 aromatic heterocycles. The van der Waals surface area contributed by atoms with Gasteiger partial charge in [-0.25, -0.2) is 0 Å². The average molecular weight is 308 g/mol. The van der Waals surface area contributed by atoms with E-state index in [1.165, 1.54) is 6.26 Å². The third-order valence-electron chi connectivity index (χ3n) is 3.57. The summed E-state index contributed by atoms with van der Waals surface area (Å²) in [7, 11) is 0. The van der Waals surface area contributed by atoms with E-state index < -0.39 is 5.60 Å². The molecule has 0 aromatic carbocycles. The van der Waals surface area contributed by atoms with Gasteiger partial charge in [0.1, 0.15) is 5.60 Å². The van der Waals surface area contributed by atoms with Gasteiger partial charge in [0.05, 0.1) is 12.8 Å². The maximum Gasteiger partial charge on any atom is 0.320 e. The Labute approximate surface area is 130 Å². The summed E-state index contributed by atoms with van der Waals surface area (Å²) in [6, 6.07) is 3.36. The van der Waals surface area contributed by atoms with Crippen molar-refractivity contribution in [2.45, 2.75) is 45.3 Å². The number of hydrogen-bond donors (Lipinski definition) is 1. The Morgan fingerprint density at radius 2 is 2.18 bits per heavy atom. The minimum Gasteiger partial charge on any atom is -0.459 e. The highest BCUT2D eigenvalue weighted by Gasteiger charge is 2.37. The van der Waals surface area contributed by atoms with Gasteiger partial charge in [-0.2, -0.15) is 0 Å². The number of furan rings is 1. The molecule has 0 radical (unpaired) electrons. The topological polar surface area (TPSA) is 71.8 Å². The van der Waals surface area contributed by atoms with Gasteiger partial charge in [-0.15, -0.1) is 0 Å². The van der Waals surface area contributed by atoms with Crippen LogP contribution in [0.4, 0.5) is 0 Å². The second-order valence-corrected chi connectivity index (χ2v) is 6.95. The molecule has 22 heavy (non-hydrogen) atoms. The number of carbonyl (C=O) groups excluding carboxylic acids is 2. The van der Waals surface area contributed by atoms with Crippen LogP contribution in [0.1, 0.15) is 44.7 Å². The first-order valence-corrected chi connectivity index (χ1v) is 7.48. The molecule has 0 bridgehead atoms. The molecule has 0 aliphatic carbocycles. The van der Waals surface area contributed by atoms with Crippen molar-refractivity contribution in [2.75, 3.05) is 19.6 Å². The molecule has 0 saturated carbocycles. The number of nitrogens with zero attached hydrogens (tertiary/aromatic N) is 1. The van der Waals surface area contributed by atoms with E-state index in [4.69, 9.17) is 9.15 Å². The van der Waals surface area contributed by atoms with E-state index in [9.17, 15) is 9.59 Å². The standard InChI is InChI=1S/C16H24N2O4/c1-15(2,3)22-13(19)10-17-16(4)7-8-18(11-16)14(20)12-6-5-9-21-12/h5-6,9,17H,7-8,10-11H2,1-4H3/t16-/m0/s1. The summed E-state index contributed by atoms with van der Waals surface area (Å²) in [6.45, 7) is 8.83. The first-order chi connectivity index (χ1) is 10.2. The Morgan fingerprint density at radius 1 is 1.45 bits per heavy atom. The number of hydrogen-bond acceptors (Lipinski definition) is 5. The molecule has 0 unspecified atom stereocenters. The highest BCUT2D eigenvalue weighted by Crippen LogP contribution is 2.22. The maximum atomic E-state index is 12.2. The van der Waals surface area contributed by atoms with Crippen LogP contribution in [0, 0.1) is 0 Å². The summed E-state index contributed by atoms with van der Waals surface area (Å²) >= 11 is 0. The van der Waals surface area contributed by atoms with Crippen LogP contribution in [0.15, 0.2) is 22.8 Å². The molecule has 1 N–H and O–H groups in total. The predicted octanol–water partition coefficient (Wildman–Crippen LogP) is 1.82. The number of likely N-dealkylation sites (tertiary alicyclic amines) is 1. The fraction of sp³-hybridized carbons (Fsp3) is 0.625. The minimum atomic E-state index is -0.489. The smallest absolute Gasteiger partial charge is 0.320 e. The fourth-order valence-electron chi connectivity index (χ4n) is 2.50. The van der Waals surface area contributed by atoms with Crippen LogP contribution in [0.2, 0.25) is 0 Å². The first-order valence-electron chi connectivity index (χ1n) is 7.48. The molecule has 2 heterocycles. The molecule has 6 heteroatoms. The van der Waals surface area contributed by atoms with Gasteiger partial charge in [0.2, 0.25) is 0 Å². The van der Waals surface area contributed by atoms with Crippen molar-refractivity contribution in [2.24, 2.45) is 0 Å². The first kappa shape index (κ1) is 16.5. The molecule has 122 valence electrons. The second-order valence-electron chi connectivity index (χ2n) is 6.95. The van der Waals surface area contributed by atoms with E-state index in [1.54, 1.807) is 17.0 Å². The number of carbonyl (C=O) groups is 2. The number of amides is 1. The minimum absolute atomic E-state index is 0.118. The molecule has 6 nitrogen and oxygen atoms in total. The monoisotopic (exact) mass is 308 g/mol. The van der Waals surface area contributed by atoms with Crippen molar-refractivity contribution >= 4 is 11.9 Å². The van der Waals surface area contributed by atoms with Crippen LogP contribution in [0.5, 0.6) is 0 Å². The summed E-state index contributed by atoms with van der Waals surface area (Å²) in [6.07, 6.45) is 2.27. The molecule has 1 amide bonds. The van der Waals surface area contributed by atoms with Gasteiger partial charge >= 0.3 is 5.97 Å². The molecule has 1 aliphatic heterocycles. The zero-order valence-electron chi connectivity index (χ0n) is 13.6. The van der Waals surface area contributed by atoms with Crippen molar-refractivity contribution in [1.29, 1.82) is 0 Å². The zero-order valence-corrected chi connectivity index (χ0v) is 13.6. The third kappa shape index (κ3) is 4.34. The van der Waals surface area contributed by atoms with E-state index in [0.29, 0.717) is 18.8 Å². The van der Waals surface area contributed by atoms with E-state index in [2.05, 4.69) is 5.32 Å². The summed E-state index contributed by atoms with van der Waals surface area (Å²) < 4.78 is 10.4. The van der Waals surface area contributed by atoms with Crippen molar-refractivity contribution in [3.05, 3.63) is 24.2 Å². The molecule has 1 aliphatic rings. The van der Waals surface area contributed by atoms with Crippen molar-refractivity contribution < 1.29 is 18.7 Å². The second kappa shape index (κ2) is 6.12. The lowest BCUT2D eigenvalue weighted by Gasteiger charge is -2.27. The Morgan fingerprint density at radius 3 is 2.77 bits per heavy atom. The Kier molecular flexibility index (Phi) is 4.60. The number of nitrogens with one attached hydrogen (secondary N) is 1. The van der Waals surface area contributed by atoms with Crippen LogP contribution in [-0.4, -0.2) is 47.6 Å². The van der Waals surface area contributed by atoms with E-state index in [1.807, 2.05) is 27.7 Å². The fourth-order valence-corrected chi connectivity index (χ4v) is 2.50. The average Bonchev–Trinajstić information content (AvgIpc) is 3.04. The van der Waals surface area contributed by atoms with Gasteiger partial charge in [-0.05, 0) is 46.2 Å². The summed E-state index contributed by atoms with van der Waals surface area (Å²) in [5.74, 6) is -0.0614. The Bertz CT molecular complexity index is 533. The summed E-state index contributed by atoms with van der Waals surface area (Å²) in [5.41, 5.74) is -0.782. The van der Waals surface area contributed by atoms with Crippen molar-refractivity contribution in [3.8, 4) is 0 Å². The van der Waals surface area contributed by atoms with Gasteiger partial charge in [-0.1, -0.05) is 0 Å². The van der Waals surface area contributed by atoms with Crippen LogP contribution in [0.3, 0.4) is 0 Å². The van der Waals surface area contributed by atoms with Crippen LogP contribution in [-0.2, 0) is 9.53 Å². The van der Waals surface area contributed by atoms with E-state index in [0.717, 1.165) is 6.42 Å². The van der Waals surface area contributed by atoms with Gasteiger partial charge in [0, 0.05) is 18.6 Å². The molecular weight excluding hydrogens is 284 g/mol. The number of ether oxygens (including phenoxy) is 1. The SMILES string of the molecule is CC(C)(C)OC(=O)CN[C@@]1(C)CCN(C(=O)c2ccco2)C1. The Balaban J connectivity index is 1.85. The van der Waals surface area contributed by atoms with Crippen LogP contribution < -0.4 is 5.32 Å². The molecule has 1 atom stereocenters. The lowest BCUT2D eigenvalue weighted by molar-refractivity contribution is -0.154. The predicted molar refractivity (Wildman–Crippen MR) is 81.5 cm³/mol. The quantitative estimate of drug-likeness (QED) is 0.859. The van der Waals surface area contributed by atoms with Crippen LogP contribution in [0.25, 0.3) is 0 Å². The van der Waals surface area contributed by atoms with Crippen molar-refractivity contribution in [1.82, 2.24) is 10.2 Å². The summed E-state index contributed by atoms with van der Waals surface area (Å²) in [4.78, 5) is 25.8. The Hall–Kier alpha value is -1.82. The maximum absolute atomic E-state index is 12.2. The van der Waals surface area contributed by atoms with Gasteiger partial charge in [-0.3, -0.25) is 14.9 Å². The third-order valence-corrected chi connectivity index (χ3v) is 3.57. The molecule has 1 saturated heterocycles. The zero-order chi connectivity index (χ0) is 16.4. The molecule has 0 spiro atoms. The molecular formula is C16H24N2O4. The van der Waals surface area contributed by atoms with Crippen molar-refractivity contribution in [3.63, 3.8) is 0 Å². The highest BCUT2D eigenvalue weighted by atomic mass is 16.6.